The van der Waals surface area contributed by atoms with Crippen LogP contribution in [0.1, 0.15) is 30.3 Å². The van der Waals surface area contributed by atoms with Gasteiger partial charge >= 0.3 is 0 Å². The average Bonchev–Trinajstić information content (AvgIpc) is 2.85. The molecule has 1 fully saturated rings. The standard InChI is InChI=1S/C16H19NO3/c1-16(19)6-8-17(9-7-16)11-13(18)15-10-12-4-2-3-5-14(12)20-15/h2-5,10,19H,6-9,11H2,1H3. The lowest BCUT2D eigenvalue weighted by Gasteiger charge is -2.35. The number of fused-ring (bicyclic) bond motifs is 1. The van der Waals surface area contributed by atoms with Gasteiger partial charge in [0.15, 0.2) is 5.76 Å². The van der Waals surface area contributed by atoms with Gasteiger partial charge in [-0.3, -0.25) is 9.69 Å². The van der Waals surface area contributed by atoms with Gasteiger partial charge in [-0.2, -0.15) is 0 Å². The molecule has 0 bridgehead atoms. The minimum absolute atomic E-state index is 0.00254. The molecule has 4 heteroatoms. The van der Waals surface area contributed by atoms with E-state index in [1.165, 1.54) is 0 Å². The molecule has 0 spiro atoms. The molecule has 1 aliphatic heterocycles. The number of para-hydroxylation sites is 1. The smallest absolute Gasteiger partial charge is 0.211 e. The summed E-state index contributed by atoms with van der Waals surface area (Å²) in [5.41, 5.74) is 0.163. The van der Waals surface area contributed by atoms with Crippen LogP contribution in [0.3, 0.4) is 0 Å². The van der Waals surface area contributed by atoms with Gasteiger partial charge in [-0.25, -0.2) is 0 Å². The number of nitrogens with zero attached hydrogens (tertiary/aromatic N) is 1. The summed E-state index contributed by atoms with van der Waals surface area (Å²) in [6, 6.07) is 9.43. The topological polar surface area (TPSA) is 53.7 Å². The van der Waals surface area contributed by atoms with Gasteiger partial charge in [0.2, 0.25) is 5.78 Å². The van der Waals surface area contributed by atoms with Gasteiger partial charge in [-0.15, -0.1) is 0 Å². The molecule has 3 rings (SSSR count). The van der Waals surface area contributed by atoms with Crippen LogP contribution in [0.15, 0.2) is 34.7 Å². The first kappa shape index (κ1) is 13.3. The summed E-state index contributed by atoms with van der Waals surface area (Å²) < 4.78 is 5.59. The van der Waals surface area contributed by atoms with Crippen LogP contribution in [0.5, 0.6) is 0 Å². The molecular formula is C16H19NO3. The number of likely N-dealkylation sites (tertiary alicyclic amines) is 1. The van der Waals surface area contributed by atoms with E-state index in [1.807, 2.05) is 31.2 Å². The summed E-state index contributed by atoms with van der Waals surface area (Å²) in [6.07, 6.45) is 1.42. The van der Waals surface area contributed by atoms with Crippen LogP contribution in [0, 0.1) is 0 Å². The van der Waals surface area contributed by atoms with Crippen molar-refractivity contribution in [1.29, 1.82) is 0 Å². The first-order chi connectivity index (χ1) is 9.53. The third kappa shape index (κ3) is 2.76. The van der Waals surface area contributed by atoms with Crippen molar-refractivity contribution < 1.29 is 14.3 Å². The Morgan fingerprint density at radius 3 is 2.75 bits per heavy atom. The van der Waals surface area contributed by atoms with Crippen molar-refractivity contribution in [3.63, 3.8) is 0 Å². The van der Waals surface area contributed by atoms with Crippen LogP contribution in [0.2, 0.25) is 0 Å². The Hall–Kier alpha value is -1.65. The van der Waals surface area contributed by atoms with E-state index in [2.05, 4.69) is 4.90 Å². The van der Waals surface area contributed by atoms with Crippen molar-refractivity contribution in [1.82, 2.24) is 4.90 Å². The van der Waals surface area contributed by atoms with E-state index < -0.39 is 5.60 Å². The SMILES string of the molecule is CC1(O)CCN(CC(=O)c2cc3ccccc3o2)CC1. The fourth-order valence-electron chi connectivity index (χ4n) is 2.59. The monoisotopic (exact) mass is 273 g/mol. The Morgan fingerprint density at radius 1 is 1.35 bits per heavy atom. The van der Waals surface area contributed by atoms with Crippen molar-refractivity contribution in [3.05, 3.63) is 36.1 Å². The molecular weight excluding hydrogens is 254 g/mol. The van der Waals surface area contributed by atoms with Crippen molar-refractivity contribution in [3.8, 4) is 0 Å². The molecule has 0 atom stereocenters. The van der Waals surface area contributed by atoms with Crippen LogP contribution in [-0.2, 0) is 0 Å². The minimum Gasteiger partial charge on any atom is -0.453 e. The normalized spacial score (nSPS) is 19.3. The Bertz CT molecular complexity index is 586. The van der Waals surface area contributed by atoms with Crippen molar-refractivity contribution >= 4 is 16.8 Å². The highest BCUT2D eigenvalue weighted by atomic mass is 16.3. The van der Waals surface area contributed by atoms with E-state index >= 15 is 0 Å². The van der Waals surface area contributed by atoms with Crippen molar-refractivity contribution in [2.24, 2.45) is 0 Å². The number of carbonyl (C=O) groups excluding carboxylic acids is 1. The zero-order valence-electron chi connectivity index (χ0n) is 11.6. The molecule has 2 aromatic rings. The number of benzene rings is 1. The maximum Gasteiger partial charge on any atom is 0.211 e. The second-order valence-electron chi connectivity index (χ2n) is 5.84. The van der Waals surface area contributed by atoms with Crippen LogP contribution in [0.25, 0.3) is 11.0 Å². The molecule has 1 aliphatic rings. The number of rotatable bonds is 3. The second kappa shape index (κ2) is 5.04. The number of hydrogen-bond donors (Lipinski definition) is 1. The van der Waals surface area contributed by atoms with Crippen molar-refractivity contribution in [2.75, 3.05) is 19.6 Å². The molecule has 106 valence electrons. The zero-order chi connectivity index (χ0) is 14.2. The van der Waals surface area contributed by atoms with Gasteiger partial charge in [0.1, 0.15) is 5.58 Å². The van der Waals surface area contributed by atoms with E-state index in [-0.39, 0.29) is 5.78 Å². The van der Waals surface area contributed by atoms with E-state index in [1.54, 1.807) is 6.07 Å². The van der Waals surface area contributed by atoms with Gasteiger partial charge in [0.05, 0.1) is 12.1 Å². The average molecular weight is 273 g/mol. The number of carbonyl (C=O) groups is 1. The Balaban J connectivity index is 1.67. The summed E-state index contributed by atoms with van der Waals surface area (Å²) in [7, 11) is 0. The Labute approximate surface area is 118 Å². The quantitative estimate of drug-likeness (QED) is 0.873. The van der Waals surface area contributed by atoms with Gasteiger partial charge in [0.25, 0.3) is 0 Å². The fraction of sp³-hybridized carbons (Fsp3) is 0.438. The van der Waals surface area contributed by atoms with Crippen LogP contribution >= 0.6 is 0 Å². The molecule has 4 nitrogen and oxygen atoms in total. The first-order valence-corrected chi connectivity index (χ1v) is 7.00. The molecule has 0 radical (unpaired) electrons. The third-order valence-electron chi connectivity index (χ3n) is 4.00. The predicted octanol–water partition coefficient (Wildman–Crippen LogP) is 2.46. The molecule has 0 saturated carbocycles. The van der Waals surface area contributed by atoms with Crippen molar-refractivity contribution in [2.45, 2.75) is 25.4 Å². The van der Waals surface area contributed by atoms with E-state index in [4.69, 9.17) is 4.42 Å². The third-order valence-corrected chi connectivity index (χ3v) is 4.00. The largest absolute Gasteiger partial charge is 0.453 e. The molecule has 20 heavy (non-hydrogen) atoms. The van der Waals surface area contributed by atoms with Gasteiger partial charge in [-0.1, -0.05) is 18.2 Å². The van der Waals surface area contributed by atoms with Crippen LogP contribution < -0.4 is 0 Å². The number of piperidine rings is 1. The Morgan fingerprint density at radius 2 is 2.05 bits per heavy atom. The number of Topliss-reactive ketones (excluding diaryl/α,β-unsaturated/α-hetero) is 1. The summed E-state index contributed by atoms with van der Waals surface area (Å²) >= 11 is 0. The highest BCUT2D eigenvalue weighted by Crippen LogP contribution is 2.22. The summed E-state index contributed by atoms with van der Waals surface area (Å²) in [4.78, 5) is 14.3. The lowest BCUT2D eigenvalue weighted by atomic mass is 9.94. The molecule has 0 unspecified atom stereocenters. The molecule has 0 amide bonds. The lowest BCUT2D eigenvalue weighted by Crippen LogP contribution is -2.44. The number of aliphatic hydroxyl groups is 1. The number of furan rings is 1. The first-order valence-electron chi connectivity index (χ1n) is 7.00. The summed E-state index contributed by atoms with van der Waals surface area (Å²) in [5, 5.41) is 10.9. The molecule has 1 aromatic heterocycles. The van der Waals surface area contributed by atoms with E-state index in [0.717, 1.165) is 24.1 Å². The van der Waals surface area contributed by atoms with Gasteiger partial charge in [0, 0.05) is 18.5 Å². The van der Waals surface area contributed by atoms with E-state index in [0.29, 0.717) is 25.1 Å². The minimum atomic E-state index is -0.584. The second-order valence-corrected chi connectivity index (χ2v) is 5.84. The maximum atomic E-state index is 12.2. The number of ketones is 1. The molecule has 1 saturated heterocycles. The number of hydrogen-bond acceptors (Lipinski definition) is 4. The van der Waals surface area contributed by atoms with Crippen LogP contribution in [-0.4, -0.2) is 41.0 Å². The highest BCUT2D eigenvalue weighted by Gasteiger charge is 2.28. The van der Waals surface area contributed by atoms with E-state index in [9.17, 15) is 9.90 Å². The lowest BCUT2D eigenvalue weighted by molar-refractivity contribution is -0.00435. The van der Waals surface area contributed by atoms with Gasteiger partial charge in [-0.05, 0) is 31.9 Å². The van der Waals surface area contributed by atoms with Crippen LogP contribution in [0.4, 0.5) is 0 Å². The predicted molar refractivity (Wildman–Crippen MR) is 76.8 cm³/mol. The molecule has 1 N–H and O–H groups in total. The highest BCUT2D eigenvalue weighted by molar-refractivity contribution is 5.98. The summed E-state index contributed by atoms with van der Waals surface area (Å²) in [5.74, 6) is 0.422. The Kier molecular flexibility index (Phi) is 3.36. The zero-order valence-corrected chi connectivity index (χ0v) is 11.6. The summed E-state index contributed by atoms with van der Waals surface area (Å²) in [6.45, 7) is 3.71. The molecule has 0 aliphatic carbocycles. The van der Waals surface area contributed by atoms with Gasteiger partial charge < -0.3 is 9.52 Å². The molecule has 1 aromatic carbocycles. The maximum absolute atomic E-state index is 12.2. The molecule has 2 heterocycles. The fourth-order valence-corrected chi connectivity index (χ4v) is 2.59.